The smallest absolute Gasteiger partial charge is 0.292 e. The van der Waals surface area contributed by atoms with Crippen LogP contribution in [0.2, 0.25) is 0 Å². The van der Waals surface area contributed by atoms with Crippen molar-refractivity contribution in [2.45, 2.75) is 51.0 Å². The molecule has 2 N–H and O–H groups in total. The van der Waals surface area contributed by atoms with Gasteiger partial charge in [0.2, 0.25) is 5.89 Å². The Hall–Kier alpha value is -1.69. The van der Waals surface area contributed by atoms with Crippen LogP contribution >= 0.6 is 0 Å². The maximum atomic E-state index is 12.0. The third kappa shape index (κ3) is 3.69. The van der Waals surface area contributed by atoms with Crippen molar-refractivity contribution < 1.29 is 9.32 Å². The highest BCUT2D eigenvalue weighted by Gasteiger charge is 2.24. The molecule has 6 nitrogen and oxygen atoms in total. The normalized spacial score (nSPS) is 22.1. The quantitative estimate of drug-likeness (QED) is 0.812. The van der Waals surface area contributed by atoms with Crippen LogP contribution in [0, 0.1) is 0 Å². The Bertz CT molecular complexity index is 517. The van der Waals surface area contributed by atoms with E-state index in [0.717, 1.165) is 32.2 Å². The van der Waals surface area contributed by atoms with E-state index >= 15 is 0 Å². The average molecular weight is 290 g/mol. The Morgan fingerprint density at radius 1 is 1.43 bits per heavy atom. The first kappa shape index (κ1) is 14.3. The van der Waals surface area contributed by atoms with Gasteiger partial charge in [0.25, 0.3) is 11.7 Å². The fourth-order valence-electron chi connectivity index (χ4n) is 2.91. The van der Waals surface area contributed by atoms with E-state index < -0.39 is 0 Å². The van der Waals surface area contributed by atoms with Gasteiger partial charge in [0.05, 0.1) is 6.04 Å². The molecule has 2 aliphatic rings. The summed E-state index contributed by atoms with van der Waals surface area (Å²) >= 11 is 0. The number of nitrogens with zero attached hydrogens (tertiary/aromatic N) is 2. The zero-order valence-electron chi connectivity index (χ0n) is 12.2. The minimum absolute atomic E-state index is 0.103. The standard InChI is InChI=1S/C15H22N4O2/c20-14(17-10-8-11-5-2-1-3-6-11)13-18-15(21-19-13)12-7-4-9-16-12/h5,12,16H,1-4,6-10H2,(H,17,20). The van der Waals surface area contributed by atoms with E-state index in [2.05, 4.69) is 26.9 Å². The van der Waals surface area contributed by atoms with Gasteiger partial charge in [-0.15, -0.1) is 0 Å². The summed E-state index contributed by atoms with van der Waals surface area (Å²) in [5, 5.41) is 9.91. The lowest BCUT2D eigenvalue weighted by molar-refractivity contribution is 0.0940. The second kappa shape index (κ2) is 6.85. The summed E-state index contributed by atoms with van der Waals surface area (Å²) in [6, 6.07) is 0.103. The van der Waals surface area contributed by atoms with Gasteiger partial charge in [-0.2, -0.15) is 4.98 Å². The molecule has 1 aliphatic carbocycles. The third-order valence-electron chi connectivity index (χ3n) is 4.12. The lowest BCUT2D eigenvalue weighted by Gasteiger charge is -2.12. The number of nitrogens with one attached hydrogen (secondary N) is 2. The highest BCUT2D eigenvalue weighted by atomic mass is 16.5. The van der Waals surface area contributed by atoms with E-state index in [0.29, 0.717) is 12.4 Å². The molecule has 1 aliphatic heterocycles. The maximum Gasteiger partial charge on any atom is 0.292 e. The zero-order chi connectivity index (χ0) is 14.5. The molecule has 3 rings (SSSR count). The maximum absolute atomic E-state index is 12.0. The Balaban J connectivity index is 1.47. The van der Waals surface area contributed by atoms with Crippen LogP contribution in [0.1, 0.15) is 67.5 Å². The molecule has 21 heavy (non-hydrogen) atoms. The molecule has 1 atom stereocenters. The van der Waals surface area contributed by atoms with Crippen LogP contribution in [0.15, 0.2) is 16.2 Å². The number of hydrogen-bond donors (Lipinski definition) is 2. The van der Waals surface area contributed by atoms with E-state index in [4.69, 9.17) is 4.52 Å². The number of rotatable bonds is 5. The summed E-state index contributed by atoms with van der Waals surface area (Å²) in [7, 11) is 0. The average Bonchev–Trinajstić information content (AvgIpc) is 3.19. The summed E-state index contributed by atoms with van der Waals surface area (Å²) in [5.74, 6) is 0.406. The second-order valence-electron chi connectivity index (χ2n) is 5.72. The third-order valence-corrected chi connectivity index (χ3v) is 4.12. The Morgan fingerprint density at radius 3 is 3.14 bits per heavy atom. The van der Waals surface area contributed by atoms with Crippen molar-refractivity contribution in [3.8, 4) is 0 Å². The largest absolute Gasteiger partial charge is 0.349 e. The summed E-state index contributed by atoms with van der Waals surface area (Å²) in [4.78, 5) is 16.2. The minimum atomic E-state index is -0.251. The van der Waals surface area contributed by atoms with Crippen LogP contribution in [-0.4, -0.2) is 29.1 Å². The fourth-order valence-corrected chi connectivity index (χ4v) is 2.91. The number of allylic oxidation sites excluding steroid dienone is 1. The van der Waals surface area contributed by atoms with Crippen molar-refractivity contribution in [1.82, 2.24) is 20.8 Å². The molecule has 0 radical (unpaired) electrons. The van der Waals surface area contributed by atoms with Crippen LogP contribution in [0.5, 0.6) is 0 Å². The SMILES string of the molecule is O=C(NCCC1=CCCCC1)c1noc(C2CCCN2)n1. The lowest BCUT2D eigenvalue weighted by Crippen LogP contribution is -2.26. The predicted octanol–water partition coefficient (Wildman–Crippen LogP) is 2.11. The first-order chi connectivity index (χ1) is 10.3. The van der Waals surface area contributed by atoms with Gasteiger partial charge in [-0.3, -0.25) is 4.79 Å². The number of carbonyl (C=O) groups excluding carboxylic acids is 1. The van der Waals surface area contributed by atoms with Gasteiger partial charge in [-0.25, -0.2) is 0 Å². The van der Waals surface area contributed by atoms with E-state index in [9.17, 15) is 4.79 Å². The fraction of sp³-hybridized carbons (Fsp3) is 0.667. The molecule has 114 valence electrons. The lowest BCUT2D eigenvalue weighted by atomic mass is 9.97. The first-order valence-corrected chi connectivity index (χ1v) is 7.86. The monoisotopic (exact) mass is 290 g/mol. The Kier molecular flexibility index (Phi) is 4.65. The summed E-state index contributed by atoms with van der Waals surface area (Å²) in [5.41, 5.74) is 1.45. The summed E-state index contributed by atoms with van der Waals surface area (Å²) in [6.07, 6.45) is 10.2. The van der Waals surface area contributed by atoms with Crippen LogP contribution in [0.4, 0.5) is 0 Å². The van der Waals surface area contributed by atoms with Gasteiger partial charge >= 0.3 is 0 Å². The van der Waals surface area contributed by atoms with Gasteiger partial charge < -0.3 is 15.2 Å². The molecule has 1 aromatic heterocycles. The van der Waals surface area contributed by atoms with Crippen molar-refractivity contribution in [2.24, 2.45) is 0 Å². The van der Waals surface area contributed by atoms with Crippen LogP contribution in [0.25, 0.3) is 0 Å². The topological polar surface area (TPSA) is 80.0 Å². The zero-order valence-corrected chi connectivity index (χ0v) is 12.2. The molecular weight excluding hydrogens is 268 g/mol. The van der Waals surface area contributed by atoms with E-state index in [-0.39, 0.29) is 17.8 Å². The van der Waals surface area contributed by atoms with E-state index in [1.165, 1.54) is 24.8 Å². The van der Waals surface area contributed by atoms with Crippen molar-refractivity contribution in [3.63, 3.8) is 0 Å². The minimum Gasteiger partial charge on any atom is -0.349 e. The number of carbonyl (C=O) groups is 1. The Labute approximate surface area is 124 Å². The van der Waals surface area contributed by atoms with Crippen LogP contribution in [0.3, 0.4) is 0 Å². The van der Waals surface area contributed by atoms with Gasteiger partial charge in [0.1, 0.15) is 0 Å². The Morgan fingerprint density at radius 2 is 2.38 bits per heavy atom. The molecule has 2 heterocycles. The molecule has 1 aromatic rings. The molecule has 1 unspecified atom stereocenters. The van der Waals surface area contributed by atoms with Crippen molar-refractivity contribution in [3.05, 3.63) is 23.4 Å². The molecule has 0 saturated carbocycles. The first-order valence-electron chi connectivity index (χ1n) is 7.86. The molecule has 1 amide bonds. The number of aromatic nitrogens is 2. The molecule has 0 aromatic carbocycles. The molecule has 6 heteroatoms. The summed E-state index contributed by atoms with van der Waals surface area (Å²) < 4.78 is 5.17. The summed E-state index contributed by atoms with van der Waals surface area (Å²) in [6.45, 7) is 1.60. The van der Waals surface area contributed by atoms with Crippen molar-refractivity contribution in [2.75, 3.05) is 13.1 Å². The highest BCUT2D eigenvalue weighted by Crippen LogP contribution is 2.21. The highest BCUT2D eigenvalue weighted by molar-refractivity contribution is 5.90. The van der Waals surface area contributed by atoms with Gasteiger partial charge in [-0.05, 0) is 51.5 Å². The van der Waals surface area contributed by atoms with Crippen molar-refractivity contribution >= 4 is 5.91 Å². The molecule has 1 fully saturated rings. The van der Waals surface area contributed by atoms with Crippen molar-refractivity contribution in [1.29, 1.82) is 0 Å². The molecular formula is C15H22N4O2. The van der Waals surface area contributed by atoms with Gasteiger partial charge in [0, 0.05) is 6.54 Å². The molecule has 0 bridgehead atoms. The van der Waals surface area contributed by atoms with E-state index in [1.807, 2.05) is 0 Å². The van der Waals surface area contributed by atoms with Crippen LogP contribution < -0.4 is 10.6 Å². The molecule has 1 saturated heterocycles. The number of hydrogen-bond acceptors (Lipinski definition) is 5. The predicted molar refractivity (Wildman–Crippen MR) is 77.8 cm³/mol. The number of amides is 1. The van der Waals surface area contributed by atoms with Crippen LogP contribution in [-0.2, 0) is 0 Å². The van der Waals surface area contributed by atoms with E-state index in [1.54, 1.807) is 0 Å². The van der Waals surface area contributed by atoms with Gasteiger partial charge in [0.15, 0.2) is 0 Å². The molecule has 0 spiro atoms. The second-order valence-corrected chi connectivity index (χ2v) is 5.72. The van der Waals surface area contributed by atoms with Gasteiger partial charge in [-0.1, -0.05) is 16.8 Å².